The maximum atomic E-state index is 11.8. The van der Waals surface area contributed by atoms with Crippen molar-refractivity contribution in [3.63, 3.8) is 0 Å². The predicted octanol–water partition coefficient (Wildman–Crippen LogP) is 2.87. The van der Waals surface area contributed by atoms with E-state index in [1.165, 1.54) is 5.56 Å². The van der Waals surface area contributed by atoms with Crippen LogP contribution in [0, 0.1) is 6.92 Å². The largest absolute Gasteiger partial charge is 0.357 e. The summed E-state index contributed by atoms with van der Waals surface area (Å²) >= 11 is 1.68. The van der Waals surface area contributed by atoms with E-state index in [1.54, 1.807) is 11.3 Å². The summed E-state index contributed by atoms with van der Waals surface area (Å²) in [5, 5.41) is 9.88. The normalized spacial score (nSPS) is 14.6. The standard InChI is InChI=1S/C21H29N5OS/c1-3-22-21(23-10-9-19-15-28-16(2)25-19)24-13-17-6-4-7-18(12-17)14-26-11-5-8-20(26)27/h4,6-7,12,15H,3,5,8-11,13-14H2,1-2H3,(H2,22,23,24). The molecule has 0 spiro atoms. The van der Waals surface area contributed by atoms with E-state index in [-0.39, 0.29) is 5.91 Å². The van der Waals surface area contributed by atoms with Crippen molar-refractivity contribution >= 4 is 23.2 Å². The minimum atomic E-state index is 0.261. The Morgan fingerprint density at radius 3 is 2.89 bits per heavy atom. The number of aryl methyl sites for hydroxylation is 1. The third kappa shape index (κ3) is 6.05. The van der Waals surface area contributed by atoms with Crippen LogP contribution in [0.3, 0.4) is 0 Å². The number of benzene rings is 1. The second kappa shape index (κ2) is 10.2. The van der Waals surface area contributed by atoms with Crippen LogP contribution in [0.15, 0.2) is 34.6 Å². The smallest absolute Gasteiger partial charge is 0.222 e. The maximum absolute atomic E-state index is 11.8. The van der Waals surface area contributed by atoms with Crippen LogP contribution >= 0.6 is 11.3 Å². The molecule has 1 aromatic heterocycles. The van der Waals surface area contributed by atoms with Gasteiger partial charge in [-0.1, -0.05) is 24.3 Å². The molecule has 6 nitrogen and oxygen atoms in total. The lowest BCUT2D eigenvalue weighted by Crippen LogP contribution is -2.38. The molecule has 0 atom stereocenters. The van der Waals surface area contributed by atoms with Gasteiger partial charge >= 0.3 is 0 Å². The molecule has 7 heteroatoms. The van der Waals surface area contributed by atoms with Gasteiger partial charge in [0.15, 0.2) is 5.96 Å². The van der Waals surface area contributed by atoms with Gasteiger partial charge in [-0.3, -0.25) is 4.79 Å². The molecule has 0 radical (unpaired) electrons. The Kier molecular flexibility index (Phi) is 7.42. The fourth-order valence-electron chi connectivity index (χ4n) is 3.26. The zero-order chi connectivity index (χ0) is 19.8. The molecule has 1 aliphatic rings. The van der Waals surface area contributed by atoms with Crippen LogP contribution in [-0.2, 0) is 24.3 Å². The molecule has 1 amide bonds. The number of rotatable bonds is 8. The number of guanidine groups is 1. The summed E-state index contributed by atoms with van der Waals surface area (Å²) in [4.78, 5) is 23.0. The van der Waals surface area contributed by atoms with Gasteiger partial charge in [-0.25, -0.2) is 9.98 Å². The number of nitrogens with zero attached hydrogens (tertiary/aromatic N) is 3. The van der Waals surface area contributed by atoms with Crippen molar-refractivity contribution in [3.8, 4) is 0 Å². The van der Waals surface area contributed by atoms with Gasteiger partial charge in [0.25, 0.3) is 0 Å². The van der Waals surface area contributed by atoms with Gasteiger partial charge in [0.05, 0.1) is 17.2 Å². The number of carbonyl (C=O) groups is 1. The SMILES string of the molecule is CCNC(=NCc1cccc(CN2CCCC2=O)c1)NCCc1csc(C)n1. The number of likely N-dealkylation sites (tertiary alicyclic amines) is 1. The van der Waals surface area contributed by atoms with E-state index in [9.17, 15) is 4.79 Å². The van der Waals surface area contributed by atoms with Crippen molar-refractivity contribution in [2.75, 3.05) is 19.6 Å². The van der Waals surface area contributed by atoms with E-state index < -0.39 is 0 Å². The lowest BCUT2D eigenvalue weighted by molar-refractivity contribution is -0.128. The number of carbonyl (C=O) groups excluding carboxylic acids is 1. The van der Waals surface area contributed by atoms with Crippen molar-refractivity contribution in [2.45, 2.75) is 46.2 Å². The second-order valence-corrected chi connectivity index (χ2v) is 8.03. The molecule has 1 aromatic carbocycles. The Labute approximate surface area is 171 Å². The molecule has 1 aliphatic heterocycles. The summed E-state index contributed by atoms with van der Waals surface area (Å²) in [7, 11) is 0. The van der Waals surface area contributed by atoms with Gasteiger partial charge in [0, 0.05) is 44.4 Å². The number of hydrogen-bond acceptors (Lipinski definition) is 4. The van der Waals surface area contributed by atoms with Crippen LogP contribution in [0.5, 0.6) is 0 Å². The van der Waals surface area contributed by atoms with Crippen LogP contribution in [-0.4, -0.2) is 41.4 Å². The number of hydrogen-bond donors (Lipinski definition) is 2. The second-order valence-electron chi connectivity index (χ2n) is 6.97. The molecule has 3 rings (SSSR count). The van der Waals surface area contributed by atoms with Gasteiger partial charge in [0.2, 0.25) is 5.91 Å². The summed E-state index contributed by atoms with van der Waals surface area (Å²) in [5.41, 5.74) is 3.44. The Bertz CT molecular complexity index is 817. The van der Waals surface area contributed by atoms with E-state index in [2.05, 4.69) is 46.1 Å². The van der Waals surface area contributed by atoms with E-state index in [0.717, 1.165) is 54.7 Å². The molecule has 2 aromatic rings. The molecule has 0 unspecified atom stereocenters. The van der Waals surface area contributed by atoms with Crippen molar-refractivity contribution in [2.24, 2.45) is 4.99 Å². The highest BCUT2D eigenvalue weighted by molar-refractivity contribution is 7.09. The number of aromatic nitrogens is 1. The van der Waals surface area contributed by atoms with Gasteiger partial charge in [-0.2, -0.15) is 0 Å². The fraction of sp³-hybridized carbons (Fsp3) is 0.476. The molecule has 0 aliphatic carbocycles. The average Bonchev–Trinajstić information content (AvgIpc) is 3.28. The lowest BCUT2D eigenvalue weighted by atomic mass is 10.1. The van der Waals surface area contributed by atoms with Gasteiger partial charge in [-0.05, 0) is 31.4 Å². The minimum absolute atomic E-state index is 0.261. The van der Waals surface area contributed by atoms with Crippen molar-refractivity contribution < 1.29 is 4.79 Å². The highest BCUT2D eigenvalue weighted by atomic mass is 32.1. The third-order valence-corrected chi connectivity index (χ3v) is 5.46. The molecule has 0 saturated carbocycles. The summed E-state index contributed by atoms with van der Waals surface area (Å²) in [6, 6.07) is 8.36. The molecule has 2 N–H and O–H groups in total. The zero-order valence-corrected chi connectivity index (χ0v) is 17.5. The minimum Gasteiger partial charge on any atom is -0.357 e. The van der Waals surface area contributed by atoms with Crippen molar-refractivity contribution in [1.82, 2.24) is 20.5 Å². The monoisotopic (exact) mass is 399 g/mol. The lowest BCUT2D eigenvalue weighted by Gasteiger charge is -2.16. The van der Waals surface area contributed by atoms with Crippen LogP contribution in [0.4, 0.5) is 0 Å². The maximum Gasteiger partial charge on any atom is 0.222 e. The van der Waals surface area contributed by atoms with E-state index in [4.69, 9.17) is 4.99 Å². The molecule has 1 fully saturated rings. The van der Waals surface area contributed by atoms with E-state index >= 15 is 0 Å². The van der Waals surface area contributed by atoms with Crippen LogP contribution < -0.4 is 10.6 Å². The first kappa shape index (κ1) is 20.3. The zero-order valence-electron chi connectivity index (χ0n) is 16.7. The Morgan fingerprint density at radius 2 is 2.18 bits per heavy atom. The van der Waals surface area contributed by atoms with Crippen molar-refractivity contribution in [3.05, 3.63) is 51.5 Å². The van der Waals surface area contributed by atoms with Crippen molar-refractivity contribution in [1.29, 1.82) is 0 Å². The van der Waals surface area contributed by atoms with E-state index in [0.29, 0.717) is 19.5 Å². The number of thiazole rings is 1. The van der Waals surface area contributed by atoms with Crippen LogP contribution in [0.25, 0.3) is 0 Å². The quantitative estimate of drug-likeness (QED) is 0.529. The van der Waals surface area contributed by atoms with Gasteiger partial charge in [0.1, 0.15) is 0 Å². The molecule has 1 saturated heterocycles. The molecular formula is C21H29N5OS. The first-order valence-corrected chi connectivity index (χ1v) is 10.8. The molecule has 28 heavy (non-hydrogen) atoms. The summed E-state index contributed by atoms with van der Waals surface area (Å²) in [6.07, 6.45) is 2.54. The predicted molar refractivity (Wildman–Crippen MR) is 114 cm³/mol. The number of amides is 1. The number of aliphatic imine (C=N–C) groups is 1. The third-order valence-electron chi connectivity index (χ3n) is 4.64. The molecule has 2 heterocycles. The highest BCUT2D eigenvalue weighted by Gasteiger charge is 2.19. The Balaban J connectivity index is 1.54. The van der Waals surface area contributed by atoms with Crippen LogP contribution in [0.2, 0.25) is 0 Å². The Morgan fingerprint density at radius 1 is 1.32 bits per heavy atom. The summed E-state index contributed by atoms with van der Waals surface area (Å²) in [5.74, 6) is 1.08. The molecule has 150 valence electrons. The summed E-state index contributed by atoms with van der Waals surface area (Å²) < 4.78 is 0. The molecular weight excluding hydrogens is 370 g/mol. The first-order valence-electron chi connectivity index (χ1n) is 9.93. The Hall–Kier alpha value is -2.41. The van der Waals surface area contributed by atoms with Crippen LogP contribution in [0.1, 0.15) is 41.6 Å². The highest BCUT2D eigenvalue weighted by Crippen LogP contribution is 2.15. The fourth-order valence-corrected chi connectivity index (χ4v) is 3.91. The van der Waals surface area contributed by atoms with Gasteiger partial charge < -0.3 is 15.5 Å². The molecule has 0 bridgehead atoms. The van der Waals surface area contributed by atoms with Gasteiger partial charge in [-0.15, -0.1) is 11.3 Å². The first-order chi connectivity index (χ1) is 13.6. The topological polar surface area (TPSA) is 69.6 Å². The van der Waals surface area contributed by atoms with E-state index in [1.807, 2.05) is 17.9 Å². The summed E-state index contributed by atoms with van der Waals surface area (Å²) in [6.45, 7) is 7.88. The average molecular weight is 400 g/mol. The number of nitrogens with one attached hydrogen (secondary N) is 2.